The van der Waals surface area contributed by atoms with Crippen molar-refractivity contribution in [2.75, 3.05) is 11.9 Å². The van der Waals surface area contributed by atoms with Crippen LogP contribution in [0.15, 0.2) is 72.9 Å². The fourth-order valence-electron chi connectivity index (χ4n) is 2.47. The highest BCUT2D eigenvalue weighted by atomic mass is 16.5. The van der Waals surface area contributed by atoms with Gasteiger partial charge in [-0.2, -0.15) is 0 Å². The Labute approximate surface area is 153 Å². The Kier molecular flexibility index (Phi) is 5.83. The second kappa shape index (κ2) is 8.67. The van der Waals surface area contributed by atoms with Gasteiger partial charge in [-0.05, 0) is 48.9 Å². The third kappa shape index (κ3) is 4.83. The van der Waals surface area contributed by atoms with Gasteiger partial charge >= 0.3 is 0 Å². The Balaban J connectivity index is 1.62. The SMILES string of the molecule is CCOc1ccc(Nc2ccnc(C(=O)NCc3ccccc3)c2)cc1. The molecule has 1 heterocycles. The van der Waals surface area contributed by atoms with E-state index < -0.39 is 0 Å². The van der Waals surface area contributed by atoms with Gasteiger partial charge < -0.3 is 15.4 Å². The summed E-state index contributed by atoms with van der Waals surface area (Å²) in [7, 11) is 0. The van der Waals surface area contributed by atoms with Gasteiger partial charge in [0.2, 0.25) is 0 Å². The molecule has 0 radical (unpaired) electrons. The van der Waals surface area contributed by atoms with E-state index in [4.69, 9.17) is 4.74 Å². The summed E-state index contributed by atoms with van der Waals surface area (Å²) in [5.41, 5.74) is 3.13. The maximum atomic E-state index is 12.3. The van der Waals surface area contributed by atoms with Crippen molar-refractivity contribution in [2.24, 2.45) is 0 Å². The quantitative estimate of drug-likeness (QED) is 0.674. The monoisotopic (exact) mass is 347 g/mol. The summed E-state index contributed by atoms with van der Waals surface area (Å²) in [6.07, 6.45) is 1.62. The normalized spacial score (nSPS) is 10.2. The standard InChI is InChI=1S/C21H21N3O2/c1-2-26-19-10-8-17(9-11-19)24-18-12-13-22-20(14-18)21(25)23-15-16-6-4-3-5-7-16/h3-14H,2,15H2,1H3,(H,22,24)(H,23,25). The number of pyridine rings is 1. The fraction of sp³-hybridized carbons (Fsp3) is 0.143. The highest BCUT2D eigenvalue weighted by Gasteiger charge is 2.08. The minimum atomic E-state index is -0.204. The summed E-state index contributed by atoms with van der Waals surface area (Å²) in [6, 6.07) is 21.0. The predicted molar refractivity (Wildman–Crippen MR) is 103 cm³/mol. The number of benzene rings is 2. The Hall–Kier alpha value is -3.34. The van der Waals surface area contributed by atoms with E-state index in [0.29, 0.717) is 18.8 Å². The number of hydrogen-bond donors (Lipinski definition) is 2. The number of amides is 1. The predicted octanol–water partition coefficient (Wildman–Crippen LogP) is 4.15. The Bertz CT molecular complexity index is 849. The van der Waals surface area contributed by atoms with Crippen molar-refractivity contribution in [2.45, 2.75) is 13.5 Å². The van der Waals surface area contributed by atoms with Gasteiger partial charge in [0.15, 0.2) is 0 Å². The summed E-state index contributed by atoms with van der Waals surface area (Å²) < 4.78 is 5.43. The molecule has 5 heteroatoms. The molecule has 2 aromatic carbocycles. The first-order chi connectivity index (χ1) is 12.7. The average Bonchev–Trinajstić information content (AvgIpc) is 2.69. The average molecular weight is 347 g/mol. The molecule has 0 spiro atoms. The van der Waals surface area contributed by atoms with Crippen LogP contribution in [0.5, 0.6) is 5.75 Å². The number of nitrogens with zero attached hydrogens (tertiary/aromatic N) is 1. The van der Waals surface area contributed by atoms with Gasteiger partial charge in [-0.15, -0.1) is 0 Å². The third-order valence-electron chi connectivity index (χ3n) is 3.74. The van der Waals surface area contributed by atoms with Crippen molar-refractivity contribution in [1.29, 1.82) is 0 Å². The van der Waals surface area contributed by atoms with Gasteiger partial charge in [0.25, 0.3) is 5.91 Å². The molecule has 0 aliphatic carbocycles. The van der Waals surface area contributed by atoms with E-state index in [2.05, 4.69) is 15.6 Å². The molecule has 3 aromatic rings. The lowest BCUT2D eigenvalue weighted by Gasteiger charge is -2.09. The molecular weight excluding hydrogens is 326 g/mol. The van der Waals surface area contributed by atoms with Crippen molar-refractivity contribution >= 4 is 17.3 Å². The molecule has 0 saturated heterocycles. The zero-order valence-electron chi connectivity index (χ0n) is 14.6. The van der Waals surface area contributed by atoms with Gasteiger partial charge in [0, 0.05) is 24.1 Å². The zero-order valence-corrected chi connectivity index (χ0v) is 14.6. The maximum absolute atomic E-state index is 12.3. The van der Waals surface area contributed by atoms with Crippen LogP contribution >= 0.6 is 0 Å². The summed E-state index contributed by atoms with van der Waals surface area (Å²) in [4.78, 5) is 16.5. The number of anilines is 2. The van der Waals surface area contributed by atoms with Crippen molar-refractivity contribution in [3.63, 3.8) is 0 Å². The van der Waals surface area contributed by atoms with Gasteiger partial charge in [-0.25, -0.2) is 0 Å². The summed E-state index contributed by atoms with van der Waals surface area (Å²) in [6.45, 7) is 3.06. The Morgan fingerprint density at radius 2 is 1.77 bits per heavy atom. The second-order valence-electron chi connectivity index (χ2n) is 5.68. The van der Waals surface area contributed by atoms with Crippen LogP contribution in [0.3, 0.4) is 0 Å². The highest BCUT2D eigenvalue weighted by Crippen LogP contribution is 2.20. The smallest absolute Gasteiger partial charge is 0.270 e. The van der Waals surface area contributed by atoms with Crippen molar-refractivity contribution in [3.8, 4) is 5.75 Å². The summed E-state index contributed by atoms with van der Waals surface area (Å²) in [5, 5.41) is 6.15. The highest BCUT2D eigenvalue weighted by molar-refractivity contribution is 5.93. The van der Waals surface area contributed by atoms with Crippen LogP contribution in [-0.4, -0.2) is 17.5 Å². The van der Waals surface area contributed by atoms with E-state index in [1.54, 1.807) is 12.3 Å². The second-order valence-corrected chi connectivity index (χ2v) is 5.68. The van der Waals surface area contributed by atoms with Crippen LogP contribution in [0, 0.1) is 0 Å². The molecule has 132 valence electrons. The maximum Gasteiger partial charge on any atom is 0.270 e. The van der Waals surface area contributed by atoms with Crippen LogP contribution in [0.4, 0.5) is 11.4 Å². The molecule has 2 N–H and O–H groups in total. The van der Waals surface area contributed by atoms with Crippen molar-refractivity contribution in [3.05, 3.63) is 84.2 Å². The molecule has 1 aromatic heterocycles. The molecule has 0 atom stereocenters. The van der Waals surface area contributed by atoms with E-state index >= 15 is 0 Å². The summed E-state index contributed by atoms with van der Waals surface area (Å²) >= 11 is 0. The number of ether oxygens (including phenoxy) is 1. The fourth-order valence-corrected chi connectivity index (χ4v) is 2.47. The minimum absolute atomic E-state index is 0.204. The number of aromatic nitrogens is 1. The molecule has 0 saturated carbocycles. The van der Waals surface area contributed by atoms with E-state index in [0.717, 1.165) is 22.7 Å². The van der Waals surface area contributed by atoms with Crippen molar-refractivity contribution in [1.82, 2.24) is 10.3 Å². The van der Waals surface area contributed by atoms with E-state index in [9.17, 15) is 4.79 Å². The van der Waals surface area contributed by atoms with Crippen LogP contribution in [0.25, 0.3) is 0 Å². The first kappa shape index (κ1) is 17.5. The lowest BCUT2D eigenvalue weighted by molar-refractivity contribution is 0.0946. The number of nitrogens with one attached hydrogen (secondary N) is 2. The minimum Gasteiger partial charge on any atom is -0.494 e. The first-order valence-corrected chi connectivity index (χ1v) is 8.52. The lowest BCUT2D eigenvalue weighted by atomic mass is 10.2. The van der Waals surface area contributed by atoms with Crippen LogP contribution in [0.2, 0.25) is 0 Å². The molecular formula is C21H21N3O2. The van der Waals surface area contributed by atoms with Crippen LogP contribution in [0.1, 0.15) is 23.0 Å². The molecule has 0 aliphatic rings. The summed E-state index contributed by atoms with van der Waals surface area (Å²) in [5.74, 6) is 0.623. The third-order valence-corrected chi connectivity index (χ3v) is 3.74. The molecule has 0 bridgehead atoms. The number of carbonyl (C=O) groups is 1. The Morgan fingerprint density at radius 1 is 1.00 bits per heavy atom. The molecule has 0 fully saturated rings. The first-order valence-electron chi connectivity index (χ1n) is 8.52. The van der Waals surface area contributed by atoms with E-state index in [1.807, 2.05) is 67.6 Å². The molecule has 3 rings (SSSR count). The van der Waals surface area contributed by atoms with Gasteiger partial charge in [0.05, 0.1) is 6.61 Å². The lowest BCUT2D eigenvalue weighted by Crippen LogP contribution is -2.23. The van der Waals surface area contributed by atoms with Crippen LogP contribution < -0.4 is 15.4 Å². The van der Waals surface area contributed by atoms with Gasteiger partial charge in [0.1, 0.15) is 11.4 Å². The van der Waals surface area contributed by atoms with Gasteiger partial charge in [-0.3, -0.25) is 9.78 Å². The Morgan fingerprint density at radius 3 is 2.50 bits per heavy atom. The van der Waals surface area contributed by atoms with E-state index in [1.165, 1.54) is 0 Å². The number of rotatable bonds is 7. The number of hydrogen-bond acceptors (Lipinski definition) is 4. The molecule has 26 heavy (non-hydrogen) atoms. The molecule has 0 unspecified atom stereocenters. The van der Waals surface area contributed by atoms with Gasteiger partial charge in [-0.1, -0.05) is 30.3 Å². The molecule has 1 amide bonds. The molecule has 5 nitrogen and oxygen atoms in total. The number of carbonyl (C=O) groups excluding carboxylic acids is 1. The zero-order chi connectivity index (χ0) is 18.2. The topological polar surface area (TPSA) is 63.2 Å². The van der Waals surface area contributed by atoms with Crippen molar-refractivity contribution < 1.29 is 9.53 Å². The van der Waals surface area contributed by atoms with E-state index in [-0.39, 0.29) is 5.91 Å². The largest absolute Gasteiger partial charge is 0.494 e. The van der Waals surface area contributed by atoms with Crippen LogP contribution in [-0.2, 0) is 6.54 Å². The molecule has 0 aliphatic heterocycles.